The second-order valence-electron chi connectivity index (χ2n) is 3.64. The van der Waals surface area contributed by atoms with Crippen molar-refractivity contribution in [2.24, 2.45) is 5.92 Å². The van der Waals surface area contributed by atoms with Gasteiger partial charge in [0.05, 0.1) is 11.6 Å². The molecule has 0 aromatic heterocycles. The fourth-order valence-corrected chi connectivity index (χ4v) is 1.33. The van der Waals surface area contributed by atoms with Crippen LogP contribution in [0.3, 0.4) is 0 Å². The lowest BCUT2D eigenvalue weighted by atomic mass is 10.1. The standard InChI is InChI=1S/C12H15N3O/c1-9(8-14-2)12(16)15-11-5-3-4-10(6-11)7-13/h3-6,9,14H,8H2,1-2H3,(H,15,16). The third kappa shape index (κ3) is 3.37. The summed E-state index contributed by atoms with van der Waals surface area (Å²) < 4.78 is 0. The number of carbonyl (C=O) groups is 1. The highest BCUT2D eigenvalue weighted by Crippen LogP contribution is 2.10. The van der Waals surface area contributed by atoms with E-state index >= 15 is 0 Å². The molecule has 0 aliphatic rings. The molecular weight excluding hydrogens is 202 g/mol. The zero-order valence-corrected chi connectivity index (χ0v) is 9.45. The molecule has 1 rings (SSSR count). The van der Waals surface area contributed by atoms with Gasteiger partial charge in [0, 0.05) is 18.2 Å². The van der Waals surface area contributed by atoms with Gasteiger partial charge in [0.1, 0.15) is 0 Å². The maximum absolute atomic E-state index is 11.7. The van der Waals surface area contributed by atoms with Crippen LogP contribution in [0.5, 0.6) is 0 Å². The molecule has 0 heterocycles. The SMILES string of the molecule is CNCC(C)C(=O)Nc1cccc(C#N)c1. The average molecular weight is 217 g/mol. The van der Waals surface area contributed by atoms with Gasteiger partial charge in [-0.1, -0.05) is 13.0 Å². The van der Waals surface area contributed by atoms with Crippen molar-refractivity contribution in [1.82, 2.24) is 5.32 Å². The normalized spacial score (nSPS) is 11.6. The van der Waals surface area contributed by atoms with E-state index in [1.165, 1.54) is 0 Å². The minimum Gasteiger partial charge on any atom is -0.326 e. The summed E-state index contributed by atoms with van der Waals surface area (Å²) in [5.41, 5.74) is 1.20. The molecule has 1 unspecified atom stereocenters. The van der Waals surface area contributed by atoms with E-state index in [1.807, 2.05) is 13.0 Å². The van der Waals surface area contributed by atoms with E-state index in [0.717, 1.165) is 0 Å². The summed E-state index contributed by atoms with van der Waals surface area (Å²) in [5.74, 6) is -0.153. The summed E-state index contributed by atoms with van der Waals surface area (Å²) >= 11 is 0. The first kappa shape index (κ1) is 12.2. The molecule has 84 valence electrons. The van der Waals surface area contributed by atoms with Crippen LogP contribution >= 0.6 is 0 Å². The van der Waals surface area contributed by atoms with Crippen molar-refractivity contribution in [3.8, 4) is 6.07 Å². The van der Waals surface area contributed by atoms with Crippen LogP contribution in [0.25, 0.3) is 0 Å². The highest BCUT2D eigenvalue weighted by molar-refractivity contribution is 5.92. The summed E-state index contributed by atoms with van der Waals surface area (Å²) in [5, 5.41) is 14.4. The number of nitrogens with one attached hydrogen (secondary N) is 2. The number of hydrogen-bond donors (Lipinski definition) is 2. The number of nitrogens with zero attached hydrogens (tertiary/aromatic N) is 1. The fraction of sp³-hybridized carbons (Fsp3) is 0.333. The van der Waals surface area contributed by atoms with Gasteiger partial charge >= 0.3 is 0 Å². The number of anilines is 1. The van der Waals surface area contributed by atoms with Crippen LogP contribution in [-0.2, 0) is 4.79 Å². The summed E-state index contributed by atoms with van der Waals surface area (Å²) in [6.45, 7) is 2.48. The number of hydrogen-bond acceptors (Lipinski definition) is 3. The van der Waals surface area contributed by atoms with E-state index in [9.17, 15) is 4.79 Å². The minimum atomic E-state index is -0.101. The Hall–Kier alpha value is -1.86. The number of rotatable bonds is 4. The van der Waals surface area contributed by atoms with Crippen LogP contribution in [0, 0.1) is 17.2 Å². The second-order valence-corrected chi connectivity index (χ2v) is 3.64. The molecule has 1 aromatic carbocycles. The van der Waals surface area contributed by atoms with Crippen molar-refractivity contribution in [2.75, 3.05) is 18.9 Å². The van der Waals surface area contributed by atoms with E-state index in [1.54, 1.807) is 31.3 Å². The van der Waals surface area contributed by atoms with Gasteiger partial charge in [-0.25, -0.2) is 0 Å². The molecule has 0 fully saturated rings. The summed E-state index contributed by atoms with van der Waals surface area (Å²) in [6.07, 6.45) is 0. The molecular formula is C12H15N3O. The van der Waals surface area contributed by atoms with E-state index in [2.05, 4.69) is 10.6 Å². The molecule has 0 radical (unpaired) electrons. The Kier molecular flexibility index (Phi) is 4.49. The lowest BCUT2D eigenvalue weighted by Gasteiger charge is -2.11. The summed E-state index contributed by atoms with van der Waals surface area (Å²) in [7, 11) is 1.81. The molecule has 0 aliphatic carbocycles. The van der Waals surface area contributed by atoms with Gasteiger partial charge in [-0.2, -0.15) is 5.26 Å². The zero-order chi connectivity index (χ0) is 12.0. The highest BCUT2D eigenvalue weighted by Gasteiger charge is 2.11. The predicted molar refractivity (Wildman–Crippen MR) is 62.9 cm³/mol. The largest absolute Gasteiger partial charge is 0.326 e. The Morgan fingerprint density at radius 3 is 2.94 bits per heavy atom. The topological polar surface area (TPSA) is 64.9 Å². The molecule has 0 saturated carbocycles. The van der Waals surface area contributed by atoms with Gasteiger partial charge in [-0.3, -0.25) is 4.79 Å². The van der Waals surface area contributed by atoms with E-state index in [4.69, 9.17) is 5.26 Å². The van der Waals surface area contributed by atoms with Crippen LogP contribution in [-0.4, -0.2) is 19.5 Å². The Labute approximate surface area is 95.3 Å². The molecule has 2 N–H and O–H groups in total. The minimum absolute atomic E-state index is 0.0514. The van der Waals surface area contributed by atoms with Crippen LogP contribution in [0.1, 0.15) is 12.5 Å². The van der Waals surface area contributed by atoms with Crippen molar-refractivity contribution in [1.29, 1.82) is 5.26 Å². The number of nitriles is 1. The molecule has 0 saturated heterocycles. The van der Waals surface area contributed by atoms with Crippen LogP contribution in [0.2, 0.25) is 0 Å². The third-order valence-corrected chi connectivity index (χ3v) is 2.22. The van der Waals surface area contributed by atoms with Crippen LogP contribution in [0.15, 0.2) is 24.3 Å². The molecule has 0 bridgehead atoms. The second kappa shape index (κ2) is 5.89. The van der Waals surface area contributed by atoms with E-state index in [-0.39, 0.29) is 11.8 Å². The van der Waals surface area contributed by atoms with E-state index in [0.29, 0.717) is 17.8 Å². The Morgan fingerprint density at radius 1 is 1.56 bits per heavy atom. The molecule has 4 heteroatoms. The van der Waals surface area contributed by atoms with Crippen molar-refractivity contribution < 1.29 is 4.79 Å². The maximum Gasteiger partial charge on any atom is 0.228 e. The molecule has 0 spiro atoms. The highest BCUT2D eigenvalue weighted by atomic mass is 16.1. The monoisotopic (exact) mass is 217 g/mol. The van der Waals surface area contributed by atoms with Gasteiger partial charge in [-0.05, 0) is 25.2 Å². The van der Waals surface area contributed by atoms with Gasteiger partial charge < -0.3 is 10.6 Å². The summed E-state index contributed by atoms with van der Waals surface area (Å²) in [6, 6.07) is 8.90. The lowest BCUT2D eigenvalue weighted by Crippen LogP contribution is -2.28. The smallest absolute Gasteiger partial charge is 0.228 e. The molecule has 1 atom stereocenters. The Bertz CT molecular complexity index is 409. The zero-order valence-electron chi connectivity index (χ0n) is 9.45. The first-order chi connectivity index (χ1) is 7.67. The number of benzene rings is 1. The third-order valence-electron chi connectivity index (χ3n) is 2.22. The molecule has 4 nitrogen and oxygen atoms in total. The van der Waals surface area contributed by atoms with Gasteiger partial charge in [0.25, 0.3) is 0 Å². The van der Waals surface area contributed by atoms with Crippen molar-refractivity contribution in [2.45, 2.75) is 6.92 Å². The van der Waals surface area contributed by atoms with Crippen LogP contribution < -0.4 is 10.6 Å². The van der Waals surface area contributed by atoms with Gasteiger partial charge in [0.2, 0.25) is 5.91 Å². The molecule has 0 aliphatic heterocycles. The quantitative estimate of drug-likeness (QED) is 0.800. The summed E-state index contributed by atoms with van der Waals surface area (Å²) in [4.78, 5) is 11.7. The molecule has 1 amide bonds. The predicted octanol–water partition coefficient (Wildman–Crippen LogP) is 1.35. The lowest BCUT2D eigenvalue weighted by molar-refractivity contribution is -0.119. The average Bonchev–Trinajstić information content (AvgIpc) is 2.29. The first-order valence-corrected chi connectivity index (χ1v) is 5.13. The number of carbonyl (C=O) groups excluding carboxylic acids is 1. The van der Waals surface area contributed by atoms with Crippen LogP contribution in [0.4, 0.5) is 5.69 Å². The van der Waals surface area contributed by atoms with Gasteiger partial charge in [-0.15, -0.1) is 0 Å². The van der Waals surface area contributed by atoms with Crippen molar-refractivity contribution in [3.63, 3.8) is 0 Å². The number of amides is 1. The van der Waals surface area contributed by atoms with Crippen molar-refractivity contribution in [3.05, 3.63) is 29.8 Å². The Balaban J connectivity index is 2.66. The fourth-order valence-electron chi connectivity index (χ4n) is 1.33. The molecule has 16 heavy (non-hydrogen) atoms. The molecule has 1 aromatic rings. The Morgan fingerprint density at radius 2 is 2.31 bits per heavy atom. The van der Waals surface area contributed by atoms with Gasteiger partial charge in [0.15, 0.2) is 0 Å². The van der Waals surface area contributed by atoms with E-state index < -0.39 is 0 Å². The maximum atomic E-state index is 11.7. The van der Waals surface area contributed by atoms with Crippen molar-refractivity contribution >= 4 is 11.6 Å². The first-order valence-electron chi connectivity index (χ1n) is 5.13.